The van der Waals surface area contributed by atoms with E-state index >= 15 is 0 Å². The highest BCUT2D eigenvalue weighted by Crippen LogP contribution is 2.21. The molecule has 2 heterocycles. The van der Waals surface area contributed by atoms with Crippen LogP contribution in [0.4, 0.5) is 0 Å². The van der Waals surface area contributed by atoms with Crippen molar-refractivity contribution in [1.82, 2.24) is 10.3 Å². The Bertz CT molecular complexity index is 470. The maximum atomic E-state index is 4.26. The van der Waals surface area contributed by atoms with Crippen LogP contribution in [0.15, 0.2) is 39.8 Å². The van der Waals surface area contributed by atoms with Crippen LogP contribution in [0.25, 0.3) is 0 Å². The second-order valence-electron chi connectivity index (χ2n) is 4.28. The second-order valence-corrected chi connectivity index (χ2v) is 5.97. The van der Waals surface area contributed by atoms with Gasteiger partial charge in [0, 0.05) is 22.9 Å². The van der Waals surface area contributed by atoms with Gasteiger partial charge in [0.1, 0.15) is 0 Å². The van der Waals surface area contributed by atoms with Gasteiger partial charge in [-0.2, -0.15) is 11.3 Å². The molecular weight excluding hydrogens is 308 g/mol. The quantitative estimate of drug-likeness (QED) is 0.861. The molecule has 0 radical (unpaired) electrons. The fourth-order valence-electron chi connectivity index (χ4n) is 1.89. The normalized spacial score (nSPS) is 12.6. The zero-order valence-electron chi connectivity index (χ0n) is 10.4. The Kier molecular flexibility index (Phi) is 5.35. The zero-order chi connectivity index (χ0) is 12.8. The minimum absolute atomic E-state index is 0.338. The van der Waals surface area contributed by atoms with Crippen LogP contribution in [-0.4, -0.2) is 11.5 Å². The fraction of sp³-hybridized carbons (Fsp3) is 0.357. The molecule has 2 aromatic heterocycles. The fourth-order valence-corrected chi connectivity index (χ4v) is 2.95. The predicted molar refractivity (Wildman–Crippen MR) is 81.0 cm³/mol. The van der Waals surface area contributed by atoms with Gasteiger partial charge in [0.15, 0.2) is 0 Å². The third-order valence-electron chi connectivity index (χ3n) is 2.79. The standard InChI is InChI=1S/C14H17BrN2S/c1-2-4-17-14(6-11-3-5-18-10-11)12-7-13(15)9-16-8-12/h3,5,7-10,14,17H,2,4,6H2,1H3. The van der Waals surface area contributed by atoms with Crippen LogP contribution < -0.4 is 5.32 Å². The monoisotopic (exact) mass is 324 g/mol. The summed E-state index contributed by atoms with van der Waals surface area (Å²) in [6, 6.07) is 4.67. The number of hydrogen-bond acceptors (Lipinski definition) is 3. The van der Waals surface area contributed by atoms with E-state index < -0.39 is 0 Å². The summed E-state index contributed by atoms with van der Waals surface area (Å²) in [6.07, 6.45) is 5.93. The van der Waals surface area contributed by atoms with Crippen molar-refractivity contribution in [2.24, 2.45) is 0 Å². The van der Waals surface area contributed by atoms with Gasteiger partial charge in [-0.05, 0) is 69.3 Å². The van der Waals surface area contributed by atoms with Gasteiger partial charge in [-0.1, -0.05) is 6.92 Å². The molecule has 0 saturated heterocycles. The molecule has 1 atom stereocenters. The van der Waals surface area contributed by atoms with Crippen LogP contribution in [0.1, 0.15) is 30.5 Å². The molecule has 18 heavy (non-hydrogen) atoms. The number of pyridine rings is 1. The first kappa shape index (κ1) is 13.7. The van der Waals surface area contributed by atoms with Gasteiger partial charge in [0.2, 0.25) is 0 Å². The van der Waals surface area contributed by atoms with Crippen molar-refractivity contribution >= 4 is 27.3 Å². The molecule has 0 aliphatic carbocycles. The van der Waals surface area contributed by atoms with E-state index in [1.165, 1.54) is 11.1 Å². The van der Waals surface area contributed by atoms with E-state index in [2.05, 4.69) is 56.0 Å². The minimum Gasteiger partial charge on any atom is -0.310 e. The summed E-state index contributed by atoms with van der Waals surface area (Å²) in [6.45, 7) is 3.22. The first-order chi connectivity index (χ1) is 8.79. The van der Waals surface area contributed by atoms with E-state index in [9.17, 15) is 0 Å². The lowest BCUT2D eigenvalue weighted by atomic mass is 10.0. The number of thiophene rings is 1. The lowest BCUT2D eigenvalue weighted by Crippen LogP contribution is -2.24. The van der Waals surface area contributed by atoms with E-state index in [0.29, 0.717) is 6.04 Å². The molecule has 0 fully saturated rings. The molecule has 0 amide bonds. The van der Waals surface area contributed by atoms with Gasteiger partial charge in [-0.25, -0.2) is 0 Å². The maximum Gasteiger partial charge on any atom is 0.0410 e. The highest BCUT2D eigenvalue weighted by atomic mass is 79.9. The Morgan fingerprint density at radius 1 is 1.44 bits per heavy atom. The van der Waals surface area contributed by atoms with Crippen molar-refractivity contribution in [3.8, 4) is 0 Å². The number of hydrogen-bond donors (Lipinski definition) is 1. The minimum atomic E-state index is 0.338. The molecule has 2 aromatic rings. The highest BCUT2D eigenvalue weighted by molar-refractivity contribution is 9.10. The zero-order valence-corrected chi connectivity index (χ0v) is 12.8. The molecule has 1 unspecified atom stereocenters. The molecule has 0 bridgehead atoms. The lowest BCUT2D eigenvalue weighted by Gasteiger charge is -2.18. The summed E-state index contributed by atoms with van der Waals surface area (Å²) in [4.78, 5) is 4.26. The van der Waals surface area contributed by atoms with Crippen LogP contribution in [0.5, 0.6) is 0 Å². The van der Waals surface area contributed by atoms with Crippen LogP contribution in [-0.2, 0) is 6.42 Å². The largest absolute Gasteiger partial charge is 0.310 e. The number of nitrogens with one attached hydrogen (secondary N) is 1. The Morgan fingerprint density at radius 3 is 3.00 bits per heavy atom. The topological polar surface area (TPSA) is 24.9 Å². The van der Waals surface area contributed by atoms with E-state index in [-0.39, 0.29) is 0 Å². The highest BCUT2D eigenvalue weighted by Gasteiger charge is 2.12. The molecule has 96 valence electrons. The maximum absolute atomic E-state index is 4.26. The summed E-state index contributed by atoms with van der Waals surface area (Å²) in [5.74, 6) is 0. The van der Waals surface area contributed by atoms with Crippen molar-refractivity contribution in [3.63, 3.8) is 0 Å². The van der Waals surface area contributed by atoms with Gasteiger partial charge in [0.25, 0.3) is 0 Å². The Morgan fingerprint density at radius 2 is 2.33 bits per heavy atom. The van der Waals surface area contributed by atoms with E-state index in [4.69, 9.17) is 0 Å². The number of rotatable bonds is 6. The van der Waals surface area contributed by atoms with Gasteiger partial charge in [-0.15, -0.1) is 0 Å². The van der Waals surface area contributed by atoms with E-state index in [1.54, 1.807) is 11.3 Å². The summed E-state index contributed by atoms with van der Waals surface area (Å²) in [7, 11) is 0. The van der Waals surface area contributed by atoms with Crippen LogP contribution >= 0.6 is 27.3 Å². The van der Waals surface area contributed by atoms with Gasteiger partial charge in [0.05, 0.1) is 0 Å². The van der Waals surface area contributed by atoms with Gasteiger partial charge < -0.3 is 5.32 Å². The molecule has 0 aliphatic heterocycles. The Labute approximate surface area is 121 Å². The summed E-state index contributed by atoms with van der Waals surface area (Å²) in [5.41, 5.74) is 2.62. The van der Waals surface area contributed by atoms with E-state index in [0.717, 1.165) is 23.9 Å². The third kappa shape index (κ3) is 3.90. The van der Waals surface area contributed by atoms with Crippen molar-refractivity contribution < 1.29 is 0 Å². The smallest absolute Gasteiger partial charge is 0.0410 e. The van der Waals surface area contributed by atoms with Crippen LogP contribution in [0.3, 0.4) is 0 Å². The molecule has 0 aromatic carbocycles. The average Bonchev–Trinajstić information content (AvgIpc) is 2.87. The summed E-state index contributed by atoms with van der Waals surface area (Å²) >= 11 is 5.24. The molecule has 0 saturated carbocycles. The SMILES string of the molecule is CCCNC(Cc1ccsc1)c1cncc(Br)c1. The van der Waals surface area contributed by atoms with E-state index in [1.807, 2.05) is 12.4 Å². The molecule has 4 heteroatoms. The molecular formula is C14H17BrN2S. The first-order valence-electron chi connectivity index (χ1n) is 6.14. The number of halogens is 1. The van der Waals surface area contributed by atoms with Crippen molar-refractivity contribution in [2.45, 2.75) is 25.8 Å². The summed E-state index contributed by atoms with van der Waals surface area (Å²) in [5, 5.41) is 7.94. The Balaban J connectivity index is 2.13. The molecule has 0 spiro atoms. The van der Waals surface area contributed by atoms with Crippen LogP contribution in [0, 0.1) is 0 Å². The number of nitrogens with zero attached hydrogens (tertiary/aromatic N) is 1. The van der Waals surface area contributed by atoms with Crippen molar-refractivity contribution in [1.29, 1.82) is 0 Å². The van der Waals surface area contributed by atoms with Gasteiger partial charge >= 0.3 is 0 Å². The molecule has 0 aliphatic rings. The first-order valence-corrected chi connectivity index (χ1v) is 7.88. The molecule has 2 rings (SSSR count). The van der Waals surface area contributed by atoms with Crippen molar-refractivity contribution in [3.05, 3.63) is 50.9 Å². The molecule has 1 N–H and O–H groups in total. The second kappa shape index (κ2) is 7.02. The number of aromatic nitrogens is 1. The van der Waals surface area contributed by atoms with Crippen LogP contribution in [0.2, 0.25) is 0 Å². The van der Waals surface area contributed by atoms with Crippen molar-refractivity contribution in [2.75, 3.05) is 6.54 Å². The summed E-state index contributed by atoms with van der Waals surface area (Å²) < 4.78 is 1.04. The Hall–Kier alpha value is -0.710. The van der Waals surface area contributed by atoms with Gasteiger partial charge in [-0.3, -0.25) is 4.98 Å². The lowest BCUT2D eigenvalue weighted by molar-refractivity contribution is 0.528. The third-order valence-corrected chi connectivity index (χ3v) is 3.95. The average molecular weight is 325 g/mol. The molecule has 2 nitrogen and oxygen atoms in total. The predicted octanol–water partition coefficient (Wildman–Crippen LogP) is 4.19.